The molecule has 0 aliphatic carbocycles. The molecule has 448 valence electrons. The molecule has 3 N–H and O–H groups in total. The van der Waals surface area contributed by atoms with Crippen molar-refractivity contribution in [3.8, 4) is 0 Å². The van der Waals surface area contributed by atoms with E-state index in [1.165, 1.54) is 289 Å². The lowest BCUT2D eigenvalue weighted by molar-refractivity contribution is -0.143. The van der Waals surface area contributed by atoms with Crippen molar-refractivity contribution in [2.75, 3.05) is 13.2 Å². The summed E-state index contributed by atoms with van der Waals surface area (Å²) in [5, 5.41) is 23.4. The number of unbranched alkanes of at least 4 members (excludes halogenated alkanes) is 47. The van der Waals surface area contributed by atoms with E-state index in [1.807, 2.05) is 0 Å². The van der Waals surface area contributed by atoms with Gasteiger partial charge in [-0.15, -0.1) is 0 Å². The lowest BCUT2D eigenvalue weighted by atomic mass is 10.0. The van der Waals surface area contributed by atoms with Gasteiger partial charge in [0.2, 0.25) is 5.91 Å². The summed E-state index contributed by atoms with van der Waals surface area (Å²) in [5.74, 6) is -0.0351. The first-order valence-electron chi connectivity index (χ1n) is 34.2. The molecule has 0 aromatic carbocycles. The number of carbonyl (C=O) groups is 2. The molecule has 0 saturated heterocycles. The Bertz CT molecular complexity index is 1230. The molecule has 0 aromatic heterocycles. The molecule has 1 amide bonds. The van der Waals surface area contributed by atoms with Gasteiger partial charge in [0, 0.05) is 12.8 Å². The molecular formula is C70H133NO5. The van der Waals surface area contributed by atoms with Crippen molar-refractivity contribution in [1.29, 1.82) is 0 Å². The molecule has 6 heteroatoms. The zero-order chi connectivity index (χ0) is 55.0. The normalized spacial score (nSPS) is 12.7. The Balaban J connectivity index is 3.40. The van der Waals surface area contributed by atoms with Crippen molar-refractivity contribution < 1.29 is 24.5 Å². The van der Waals surface area contributed by atoms with Crippen LogP contribution in [-0.4, -0.2) is 47.4 Å². The summed E-state index contributed by atoms with van der Waals surface area (Å²) in [6, 6.07) is -0.545. The third-order valence-electron chi connectivity index (χ3n) is 15.9. The highest BCUT2D eigenvalue weighted by Gasteiger charge is 2.20. The first-order chi connectivity index (χ1) is 37.5. The number of esters is 1. The maximum absolute atomic E-state index is 12.5. The Morgan fingerprint density at radius 1 is 0.368 bits per heavy atom. The number of aliphatic hydroxyl groups excluding tert-OH is 2. The standard InChI is InChI=1S/C70H133NO5/c1-3-5-7-9-11-13-15-17-19-20-28-31-35-38-42-46-50-54-58-62-68(73)67(66-72)71-69(74)63-59-55-51-47-43-39-36-32-29-26-24-22-21-23-25-27-30-33-37-41-45-49-53-57-61-65-76-70(75)64-60-56-52-48-44-40-34-18-16-14-12-10-8-6-4-2/h12,14,18,22,24,34,67-68,72-73H,3-11,13,15-17,19-21,23,25-33,35-66H2,1-2H3,(H,71,74)/b14-12-,24-22-,34-18-. The number of amides is 1. The van der Waals surface area contributed by atoms with E-state index in [-0.39, 0.29) is 18.5 Å². The SMILES string of the molecule is CCCCC/C=C\C/C=C\CCCCCCCC(=O)OCCCCCCCCCCCCCC/C=C\CCCCCCCCCCCC(=O)NC(CO)C(O)CCCCCCCCCCCCCCCCCCCCC. The van der Waals surface area contributed by atoms with E-state index in [9.17, 15) is 19.8 Å². The van der Waals surface area contributed by atoms with Crippen LogP contribution in [0.5, 0.6) is 0 Å². The molecule has 2 atom stereocenters. The van der Waals surface area contributed by atoms with E-state index in [0.717, 1.165) is 51.4 Å². The molecule has 2 unspecified atom stereocenters. The molecule has 0 aliphatic heterocycles. The molecule has 0 rings (SSSR count). The second kappa shape index (κ2) is 65.6. The van der Waals surface area contributed by atoms with Crippen LogP contribution < -0.4 is 5.32 Å². The van der Waals surface area contributed by atoms with Gasteiger partial charge >= 0.3 is 5.97 Å². The highest BCUT2D eigenvalue weighted by Crippen LogP contribution is 2.18. The quantitative estimate of drug-likeness (QED) is 0.0320. The van der Waals surface area contributed by atoms with Gasteiger partial charge in [-0.05, 0) is 83.5 Å². The minimum Gasteiger partial charge on any atom is -0.466 e. The Labute approximate surface area is 474 Å². The fourth-order valence-corrected chi connectivity index (χ4v) is 10.7. The first kappa shape index (κ1) is 74.1. The Morgan fingerprint density at radius 3 is 1.04 bits per heavy atom. The summed E-state index contributed by atoms with van der Waals surface area (Å²) in [7, 11) is 0. The van der Waals surface area contributed by atoms with Crippen LogP contribution in [0.2, 0.25) is 0 Å². The van der Waals surface area contributed by atoms with Crippen molar-refractivity contribution in [2.45, 2.75) is 386 Å². The van der Waals surface area contributed by atoms with Crippen molar-refractivity contribution in [2.24, 2.45) is 0 Å². The Hall–Kier alpha value is -1.92. The van der Waals surface area contributed by atoms with Gasteiger partial charge in [0.1, 0.15) is 0 Å². The summed E-state index contributed by atoms with van der Waals surface area (Å²) in [6.07, 6.45) is 83.2. The lowest BCUT2D eigenvalue weighted by Crippen LogP contribution is -2.45. The summed E-state index contributed by atoms with van der Waals surface area (Å²) < 4.78 is 5.48. The predicted molar refractivity (Wildman–Crippen MR) is 333 cm³/mol. The minimum atomic E-state index is -0.667. The molecule has 0 bridgehead atoms. The van der Waals surface area contributed by atoms with E-state index in [1.54, 1.807) is 0 Å². The average Bonchev–Trinajstić information content (AvgIpc) is 3.42. The minimum absolute atomic E-state index is 0.000149. The van der Waals surface area contributed by atoms with E-state index in [2.05, 4.69) is 55.6 Å². The van der Waals surface area contributed by atoms with Gasteiger partial charge in [-0.2, -0.15) is 0 Å². The summed E-state index contributed by atoms with van der Waals surface area (Å²) in [4.78, 5) is 24.6. The van der Waals surface area contributed by atoms with E-state index in [4.69, 9.17) is 4.74 Å². The van der Waals surface area contributed by atoms with Crippen LogP contribution in [0.3, 0.4) is 0 Å². The zero-order valence-corrected chi connectivity index (χ0v) is 51.3. The Morgan fingerprint density at radius 2 is 0.658 bits per heavy atom. The van der Waals surface area contributed by atoms with Gasteiger partial charge in [-0.25, -0.2) is 0 Å². The number of rotatable bonds is 64. The van der Waals surface area contributed by atoms with Crippen molar-refractivity contribution in [1.82, 2.24) is 5.32 Å². The van der Waals surface area contributed by atoms with Gasteiger partial charge in [0.25, 0.3) is 0 Å². The van der Waals surface area contributed by atoms with Crippen LogP contribution in [0.4, 0.5) is 0 Å². The largest absolute Gasteiger partial charge is 0.466 e. The maximum Gasteiger partial charge on any atom is 0.305 e. The Kier molecular flexibility index (Phi) is 63.9. The fourth-order valence-electron chi connectivity index (χ4n) is 10.7. The molecule has 0 aromatic rings. The number of hydrogen-bond donors (Lipinski definition) is 3. The fraction of sp³-hybridized carbons (Fsp3) is 0.886. The zero-order valence-electron chi connectivity index (χ0n) is 51.3. The van der Waals surface area contributed by atoms with Crippen LogP contribution in [0.15, 0.2) is 36.5 Å². The predicted octanol–water partition coefficient (Wildman–Crippen LogP) is 21.9. The number of allylic oxidation sites excluding steroid dienone is 6. The molecule has 6 nitrogen and oxygen atoms in total. The van der Waals surface area contributed by atoms with Crippen LogP contribution >= 0.6 is 0 Å². The molecular weight excluding hydrogens is 935 g/mol. The number of aliphatic hydroxyl groups is 2. The van der Waals surface area contributed by atoms with Crippen molar-refractivity contribution in [3.05, 3.63) is 36.5 Å². The van der Waals surface area contributed by atoms with Crippen molar-refractivity contribution in [3.63, 3.8) is 0 Å². The molecule has 0 fully saturated rings. The van der Waals surface area contributed by atoms with Gasteiger partial charge in [0.15, 0.2) is 0 Å². The summed E-state index contributed by atoms with van der Waals surface area (Å²) >= 11 is 0. The second-order valence-corrected chi connectivity index (χ2v) is 23.5. The van der Waals surface area contributed by atoms with Crippen LogP contribution in [0.1, 0.15) is 373 Å². The number of nitrogens with one attached hydrogen (secondary N) is 1. The molecule has 0 aliphatic rings. The van der Waals surface area contributed by atoms with Crippen LogP contribution in [-0.2, 0) is 14.3 Å². The van der Waals surface area contributed by atoms with E-state index >= 15 is 0 Å². The monoisotopic (exact) mass is 1070 g/mol. The van der Waals surface area contributed by atoms with E-state index < -0.39 is 12.1 Å². The van der Waals surface area contributed by atoms with Gasteiger partial charge in [-0.3, -0.25) is 9.59 Å². The smallest absolute Gasteiger partial charge is 0.305 e. The molecule has 0 saturated carbocycles. The van der Waals surface area contributed by atoms with Gasteiger partial charge < -0.3 is 20.3 Å². The van der Waals surface area contributed by atoms with Crippen molar-refractivity contribution >= 4 is 11.9 Å². The van der Waals surface area contributed by atoms with Crippen LogP contribution in [0.25, 0.3) is 0 Å². The highest BCUT2D eigenvalue weighted by atomic mass is 16.5. The second-order valence-electron chi connectivity index (χ2n) is 23.5. The number of hydrogen-bond acceptors (Lipinski definition) is 5. The van der Waals surface area contributed by atoms with E-state index in [0.29, 0.717) is 25.9 Å². The molecule has 0 heterocycles. The average molecular weight is 1070 g/mol. The summed E-state index contributed by atoms with van der Waals surface area (Å²) in [6.45, 7) is 4.95. The highest BCUT2D eigenvalue weighted by molar-refractivity contribution is 5.76. The van der Waals surface area contributed by atoms with Gasteiger partial charge in [0.05, 0.1) is 25.4 Å². The lowest BCUT2D eigenvalue weighted by Gasteiger charge is -2.22. The molecule has 0 spiro atoms. The third kappa shape index (κ3) is 61.3. The number of carbonyl (C=O) groups excluding carboxylic acids is 2. The number of ether oxygens (including phenoxy) is 1. The first-order valence-corrected chi connectivity index (χ1v) is 34.2. The summed E-state index contributed by atoms with van der Waals surface area (Å²) in [5.41, 5.74) is 0. The molecule has 76 heavy (non-hydrogen) atoms. The van der Waals surface area contributed by atoms with Gasteiger partial charge in [-0.1, -0.05) is 314 Å². The van der Waals surface area contributed by atoms with Crippen LogP contribution in [0, 0.1) is 0 Å². The topological polar surface area (TPSA) is 95.9 Å². The molecule has 0 radical (unpaired) electrons. The third-order valence-corrected chi connectivity index (χ3v) is 15.9. The maximum atomic E-state index is 12.5.